The van der Waals surface area contributed by atoms with Gasteiger partial charge in [-0.15, -0.1) is 0 Å². The molecular formula is C30H29N3O4. The second-order valence-corrected chi connectivity index (χ2v) is 8.51. The molecule has 0 bridgehead atoms. The summed E-state index contributed by atoms with van der Waals surface area (Å²) in [4.78, 5) is 31.8. The van der Waals surface area contributed by atoms with E-state index in [0.717, 1.165) is 11.3 Å². The van der Waals surface area contributed by atoms with Crippen molar-refractivity contribution in [3.05, 3.63) is 120 Å². The van der Waals surface area contributed by atoms with Gasteiger partial charge < -0.3 is 19.7 Å². The third-order valence-electron chi connectivity index (χ3n) is 6.08. The maximum absolute atomic E-state index is 13.3. The summed E-state index contributed by atoms with van der Waals surface area (Å²) >= 11 is 0. The molecule has 0 spiro atoms. The molecule has 0 aliphatic carbocycles. The number of rotatable bonds is 9. The zero-order chi connectivity index (χ0) is 26.2. The molecule has 1 atom stereocenters. The molecule has 2 amide bonds. The summed E-state index contributed by atoms with van der Waals surface area (Å²) in [6.45, 7) is 2.23. The summed E-state index contributed by atoms with van der Waals surface area (Å²) in [6, 6.07) is 27.0. The van der Waals surface area contributed by atoms with E-state index < -0.39 is 0 Å². The minimum Gasteiger partial charge on any atom is -0.493 e. The normalized spacial score (nSPS) is 11.3. The van der Waals surface area contributed by atoms with Crippen LogP contribution in [0.3, 0.4) is 0 Å². The Bertz CT molecular complexity index is 1360. The van der Waals surface area contributed by atoms with Crippen molar-refractivity contribution in [2.75, 3.05) is 19.5 Å². The number of nitrogens with zero attached hydrogens (tertiary/aromatic N) is 2. The SMILES string of the molecule is COc1cc(C(=O)N(C)[C@@H](C)c2cccc(NC(=O)c3ccccc3)c2)ccc1OCc1ccccn1. The Kier molecular flexibility index (Phi) is 8.15. The highest BCUT2D eigenvalue weighted by atomic mass is 16.5. The molecule has 0 unspecified atom stereocenters. The first-order valence-corrected chi connectivity index (χ1v) is 11.9. The van der Waals surface area contributed by atoms with Crippen LogP contribution in [0, 0.1) is 0 Å². The minimum atomic E-state index is -0.243. The Morgan fingerprint density at radius 3 is 2.41 bits per heavy atom. The van der Waals surface area contributed by atoms with Crippen molar-refractivity contribution in [1.29, 1.82) is 0 Å². The van der Waals surface area contributed by atoms with Crippen molar-refractivity contribution in [3.63, 3.8) is 0 Å². The topological polar surface area (TPSA) is 80.8 Å². The Labute approximate surface area is 216 Å². The Morgan fingerprint density at radius 1 is 0.892 bits per heavy atom. The van der Waals surface area contributed by atoms with Gasteiger partial charge in [0.15, 0.2) is 11.5 Å². The van der Waals surface area contributed by atoms with Crippen LogP contribution in [0.5, 0.6) is 11.5 Å². The molecule has 3 aromatic carbocycles. The fourth-order valence-electron chi connectivity index (χ4n) is 3.83. The number of carbonyl (C=O) groups excluding carboxylic acids is 2. The quantitative estimate of drug-likeness (QED) is 0.320. The molecule has 1 N–H and O–H groups in total. The predicted molar refractivity (Wildman–Crippen MR) is 143 cm³/mol. The molecule has 4 rings (SSSR count). The average Bonchev–Trinajstić information content (AvgIpc) is 2.96. The lowest BCUT2D eigenvalue weighted by atomic mass is 10.0. The predicted octanol–water partition coefficient (Wildman–Crippen LogP) is 5.75. The standard InChI is InChI=1S/C30H29N3O4/c1-21(23-12-9-14-25(18-23)32-29(34)22-10-5-4-6-11-22)33(2)30(35)24-15-16-27(28(19-24)36-3)37-20-26-13-7-8-17-31-26/h4-19,21H,20H2,1-3H3,(H,32,34)/t21-/m0/s1. The van der Waals surface area contributed by atoms with Gasteiger partial charge in [0, 0.05) is 30.1 Å². The summed E-state index contributed by atoms with van der Waals surface area (Å²) in [7, 11) is 3.29. The van der Waals surface area contributed by atoms with Gasteiger partial charge in [0.1, 0.15) is 6.61 Å². The van der Waals surface area contributed by atoms with Gasteiger partial charge in [0.05, 0.1) is 18.8 Å². The highest BCUT2D eigenvalue weighted by molar-refractivity contribution is 6.04. The van der Waals surface area contributed by atoms with E-state index in [9.17, 15) is 9.59 Å². The molecule has 0 saturated carbocycles. The van der Waals surface area contributed by atoms with Gasteiger partial charge >= 0.3 is 0 Å². The van der Waals surface area contributed by atoms with Gasteiger partial charge in [-0.3, -0.25) is 14.6 Å². The zero-order valence-corrected chi connectivity index (χ0v) is 21.0. The molecule has 0 aliphatic rings. The van der Waals surface area contributed by atoms with E-state index >= 15 is 0 Å². The number of aromatic nitrogens is 1. The van der Waals surface area contributed by atoms with Crippen LogP contribution in [0.4, 0.5) is 5.69 Å². The van der Waals surface area contributed by atoms with Crippen LogP contribution in [-0.4, -0.2) is 35.9 Å². The average molecular weight is 496 g/mol. The minimum absolute atomic E-state index is 0.166. The third kappa shape index (κ3) is 6.32. The molecule has 7 heteroatoms. The highest BCUT2D eigenvalue weighted by Crippen LogP contribution is 2.30. The summed E-state index contributed by atoms with van der Waals surface area (Å²) < 4.78 is 11.3. The molecule has 188 valence electrons. The highest BCUT2D eigenvalue weighted by Gasteiger charge is 2.21. The number of methoxy groups -OCH3 is 1. The number of carbonyl (C=O) groups is 2. The van der Waals surface area contributed by atoms with Gasteiger partial charge in [-0.25, -0.2) is 0 Å². The van der Waals surface area contributed by atoms with Crippen molar-refractivity contribution in [2.45, 2.75) is 19.6 Å². The van der Waals surface area contributed by atoms with E-state index in [1.165, 1.54) is 0 Å². The first kappa shape index (κ1) is 25.4. The molecule has 0 radical (unpaired) electrons. The van der Waals surface area contributed by atoms with Crippen LogP contribution < -0.4 is 14.8 Å². The van der Waals surface area contributed by atoms with Crippen LogP contribution in [0.2, 0.25) is 0 Å². The van der Waals surface area contributed by atoms with Gasteiger partial charge in [0.2, 0.25) is 0 Å². The molecule has 7 nitrogen and oxygen atoms in total. The summed E-state index contributed by atoms with van der Waals surface area (Å²) in [5.74, 6) is 0.642. The maximum Gasteiger partial charge on any atom is 0.255 e. The van der Waals surface area contributed by atoms with Crippen molar-refractivity contribution in [2.24, 2.45) is 0 Å². The fraction of sp³-hybridized carbons (Fsp3) is 0.167. The monoisotopic (exact) mass is 495 g/mol. The molecule has 1 aromatic heterocycles. The lowest BCUT2D eigenvalue weighted by Crippen LogP contribution is -2.29. The zero-order valence-electron chi connectivity index (χ0n) is 21.0. The molecule has 0 fully saturated rings. The first-order valence-electron chi connectivity index (χ1n) is 11.9. The van der Waals surface area contributed by atoms with Crippen LogP contribution in [0.1, 0.15) is 44.9 Å². The van der Waals surface area contributed by atoms with Crippen molar-refractivity contribution in [3.8, 4) is 11.5 Å². The number of ether oxygens (including phenoxy) is 2. The van der Waals surface area contributed by atoms with Gasteiger partial charge in [-0.1, -0.05) is 36.4 Å². The van der Waals surface area contributed by atoms with Crippen LogP contribution in [0.15, 0.2) is 97.2 Å². The molecular weight excluding hydrogens is 466 g/mol. The summed E-state index contributed by atoms with van der Waals surface area (Å²) in [5.41, 5.74) is 3.40. The molecule has 0 aliphatic heterocycles. The van der Waals surface area contributed by atoms with Crippen LogP contribution >= 0.6 is 0 Å². The number of anilines is 1. The number of nitrogens with one attached hydrogen (secondary N) is 1. The largest absolute Gasteiger partial charge is 0.493 e. The van der Waals surface area contributed by atoms with E-state index in [1.807, 2.05) is 67.6 Å². The van der Waals surface area contributed by atoms with Crippen molar-refractivity contribution < 1.29 is 19.1 Å². The fourth-order valence-corrected chi connectivity index (χ4v) is 3.83. The molecule has 1 heterocycles. The first-order chi connectivity index (χ1) is 18.0. The van der Waals surface area contributed by atoms with Crippen molar-refractivity contribution in [1.82, 2.24) is 9.88 Å². The Balaban J connectivity index is 1.45. The third-order valence-corrected chi connectivity index (χ3v) is 6.08. The second-order valence-electron chi connectivity index (χ2n) is 8.51. The molecule has 4 aromatic rings. The van der Waals surface area contributed by atoms with Crippen LogP contribution in [0.25, 0.3) is 0 Å². The number of benzene rings is 3. The van der Waals surface area contributed by atoms with E-state index in [-0.39, 0.29) is 17.9 Å². The number of hydrogen-bond acceptors (Lipinski definition) is 5. The second kappa shape index (κ2) is 11.9. The lowest BCUT2D eigenvalue weighted by molar-refractivity contribution is 0.0742. The molecule has 0 saturated heterocycles. The number of hydrogen-bond donors (Lipinski definition) is 1. The van der Waals surface area contributed by atoms with Crippen LogP contribution in [-0.2, 0) is 6.61 Å². The summed E-state index contributed by atoms with van der Waals surface area (Å²) in [6.07, 6.45) is 1.71. The number of pyridine rings is 1. The Hall–Kier alpha value is -4.65. The Morgan fingerprint density at radius 2 is 1.68 bits per heavy atom. The van der Waals surface area contributed by atoms with E-state index in [2.05, 4.69) is 10.3 Å². The lowest BCUT2D eigenvalue weighted by Gasteiger charge is -2.26. The van der Waals surface area contributed by atoms with Crippen molar-refractivity contribution >= 4 is 17.5 Å². The number of amides is 2. The van der Waals surface area contributed by atoms with E-state index in [0.29, 0.717) is 34.9 Å². The van der Waals surface area contributed by atoms with Gasteiger partial charge in [-0.05, 0) is 67.1 Å². The smallest absolute Gasteiger partial charge is 0.255 e. The van der Waals surface area contributed by atoms with Gasteiger partial charge in [0.25, 0.3) is 11.8 Å². The van der Waals surface area contributed by atoms with E-state index in [4.69, 9.17) is 9.47 Å². The van der Waals surface area contributed by atoms with E-state index in [1.54, 1.807) is 55.6 Å². The summed E-state index contributed by atoms with van der Waals surface area (Å²) in [5, 5.41) is 2.92. The molecule has 37 heavy (non-hydrogen) atoms. The maximum atomic E-state index is 13.3. The van der Waals surface area contributed by atoms with Gasteiger partial charge in [-0.2, -0.15) is 0 Å².